The van der Waals surface area contributed by atoms with Crippen molar-refractivity contribution in [2.24, 2.45) is 0 Å². The first kappa shape index (κ1) is 12.8. The van der Waals surface area contributed by atoms with E-state index in [-0.39, 0.29) is 0 Å². The summed E-state index contributed by atoms with van der Waals surface area (Å²) in [7, 11) is 0. The number of ether oxygens (including phenoxy) is 2. The van der Waals surface area contributed by atoms with Gasteiger partial charge in [-0.1, -0.05) is 6.92 Å². The summed E-state index contributed by atoms with van der Waals surface area (Å²) in [5.41, 5.74) is 5.41. The average Bonchev–Trinajstić information content (AvgIpc) is 2.47. The largest absolute Gasteiger partial charge is 0.493 e. The first-order valence-electron chi connectivity index (χ1n) is 7.46. The Bertz CT molecular complexity index is 445. The summed E-state index contributed by atoms with van der Waals surface area (Å²) < 4.78 is 12.0. The van der Waals surface area contributed by atoms with Gasteiger partial charge in [0.1, 0.15) is 11.5 Å². The fourth-order valence-corrected chi connectivity index (χ4v) is 3.21. The lowest BCUT2D eigenvalue weighted by Crippen LogP contribution is -2.22. The van der Waals surface area contributed by atoms with E-state index >= 15 is 0 Å². The van der Waals surface area contributed by atoms with Gasteiger partial charge < -0.3 is 14.8 Å². The molecule has 1 aromatic carbocycles. The number of hydrogen-bond acceptors (Lipinski definition) is 3. The zero-order valence-corrected chi connectivity index (χ0v) is 12.0. The quantitative estimate of drug-likeness (QED) is 0.907. The second-order valence-electron chi connectivity index (χ2n) is 5.40. The van der Waals surface area contributed by atoms with Crippen molar-refractivity contribution in [3.8, 4) is 11.5 Å². The fourth-order valence-electron chi connectivity index (χ4n) is 3.21. The molecule has 0 saturated heterocycles. The number of rotatable bonds is 3. The monoisotopic (exact) mass is 261 g/mol. The summed E-state index contributed by atoms with van der Waals surface area (Å²) in [6.45, 7) is 7.92. The molecule has 2 aliphatic rings. The summed E-state index contributed by atoms with van der Waals surface area (Å²) in [5.74, 6) is 2.29. The Kier molecular flexibility index (Phi) is 3.65. The van der Waals surface area contributed by atoms with Crippen LogP contribution in [0.5, 0.6) is 11.5 Å². The van der Waals surface area contributed by atoms with Crippen LogP contribution in [-0.2, 0) is 19.4 Å². The van der Waals surface area contributed by atoms with Crippen LogP contribution in [0.25, 0.3) is 0 Å². The van der Waals surface area contributed by atoms with Crippen LogP contribution in [0.2, 0.25) is 0 Å². The summed E-state index contributed by atoms with van der Waals surface area (Å²) in [6, 6.07) is 0. The van der Waals surface area contributed by atoms with Crippen LogP contribution in [0.3, 0.4) is 0 Å². The standard InChI is InChI=1S/C16H23NO2/c1-3-17-10-14-13-7-5-8-18-15(13)11(2)12-6-4-9-19-16(12)14/h17H,3-10H2,1-2H3. The highest BCUT2D eigenvalue weighted by atomic mass is 16.5. The van der Waals surface area contributed by atoms with Crippen LogP contribution in [-0.4, -0.2) is 19.8 Å². The maximum Gasteiger partial charge on any atom is 0.127 e. The molecule has 104 valence electrons. The van der Waals surface area contributed by atoms with Gasteiger partial charge in [-0.25, -0.2) is 0 Å². The van der Waals surface area contributed by atoms with Crippen molar-refractivity contribution in [1.29, 1.82) is 0 Å². The van der Waals surface area contributed by atoms with Gasteiger partial charge in [0.05, 0.1) is 13.2 Å². The van der Waals surface area contributed by atoms with Gasteiger partial charge in [0.15, 0.2) is 0 Å². The Labute approximate surface area is 115 Å². The fraction of sp³-hybridized carbons (Fsp3) is 0.625. The minimum Gasteiger partial charge on any atom is -0.493 e. The molecule has 3 nitrogen and oxygen atoms in total. The second-order valence-corrected chi connectivity index (χ2v) is 5.40. The van der Waals surface area contributed by atoms with Crippen molar-refractivity contribution in [3.63, 3.8) is 0 Å². The third-order valence-electron chi connectivity index (χ3n) is 4.17. The molecular formula is C16H23NO2. The molecule has 19 heavy (non-hydrogen) atoms. The van der Waals surface area contributed by atoms with Crippen molar-refractivity contribution in [3.05, 3.63) is 22.3 Å². The van der Waals surface area contributed by atoms with Crippen molar-refractivity contribution in [1.82, 2.24) is 5.32 Å². The first-order chi connectivity index (χ1) is 9.33. The smallest absolute Gasteiger partial charge is 0.127 e. The predicted octanol–water partition coefficient (Wildman–Crippen LogP) is 2.75. The highest BCUT2D eigenvalue weighted by molar-refractivity contribution is 5.60. The van der Waals surface area contributed by atoms with Gasteiger partial charge in [-0.3, -0.25) is 0 Å². The molecule has 1 N–H and O–H groups in total. The molecule has 0 aliphatic carbocycles. The van der Waals surface area contributed by atoms with Crippen LogP contribution in [0.1, 0.15) is 42.0 Å². The van der Waals surface area contributed by atoms with Crippen molar-refractivity contribution >= 4 is 0 Å². The number of benzene rings is 1. The van der Waals surface area contributed by atoms with Gasteiger partial charge in [-0.15, -0.1) is 0 Å². The summed E-state index contributed by atoms with van der Waals surface area (Å²) in [4.78, 5) is 0. The van der Waals surface area contributed by atoms with Gasteiger partial charge in [0, 0.05) is 23.2 Å². The van der Waals surface area contributed by atoms with E-state index in [9.17, 15) is 0 Å². The molecule has 0 amide bonds. The van der Waals surface area contributed by atoms with Gasteiger partial charge in [-0.05, 0) is 44.7 Å². The SMILES string of the molecule is CCNCc1c2c(c(C)c3c1OCCC3)OCCC2. The lowest BCUT2D eigenvalue weighted by molar-refractivity contribution is 0.266. The van der Waals surface area contributed by atoms with Crippen LogP contribution in [0.15, 0.2) is 0 Å². The molecule has 3 rings (SSSR count). The van der Waals surface area contributed by atoms with Crippen LogP contribution >= 0.6 is 0 Å². The molecule has 3 heteroatoms. The highest BCUT2D eigenvalue weighted by Crippen LogP contribution is 2.43. The van der Waals surface area contributed by atoms with Crippen LogP contribution in [0.4, 0.5) is 0 Å². The molecule has 0 fully saturated rings. The highest BCUT2D eigenvalue weighted by Gasteiger charge is 2.26. The molecule has 1 aromatic rings. The topological polar surface area (TPSA) is 30.5 Å². The molecule has 2 aliphatic heterocycles. The maximum absolute atomic E-state index is 6.00. The summed E-state index contributed by atoms with van der Waals surface area (Å²) in [6.07, 6.45) is 4.47. The molecule has 0 aromatic heterocycles. The van der Waals surface area contributed by atoms with Gasteiger partial charge in [-0.2, -0.15) is 0 Å². The molecule has 0 atom stereocenters. The third-order valence-corrected chi connectivity index (χ3v) is 4.17. The van der Waals surface area contributed by atoms with E-state index in [4.69, 9.17) is 9.47 Å². The van der Waals surface area contributed by atoms with E-state index in [1.54, 1.807) is 0 Å². The molecular weight excluding hydrogens is 238 g/mol. The van der Waals surface area contributed by atoms with E-state index in [1.165, 1.54) is 22.3 Å². The maximum atomic E-state index is 6.00. The summed E-state index contributed by atoms with van der Waals surface area (Å²) >= 11 is 0. The van der Waals surface area contributed by atoms with Crippen molar-refractivity contribution in [2.75, 3.05) is 19.8 Å². The molecule has 0 bridgehead atoms. The van der Waals surface area contributed by atoms with Crippen molar-refractivity contribution < 1.29 is 9.47 Å². The zero-order chi connectivity index (χ0) is 13.2. The molecule has 0 spiro atoms. The Morgan fingerprint density at radius 3 is 2.42 bits per heavy atom. The van der Waals surface area contributed by atoms with E-state index in [2.05, 4.69) is 19.2 Å². The normalized spacial score (nSPS) is 17.2. The van der Waals surface area contributed by atoms with Crippen LogP contribution in [0, 0.1) is 6.92 Å². The van der Waals surface area contributed by atoms with Crippen LogP contribution < -0.4 is 14.8 Å². The van der Waals surface area contributed by atoms with E-state index in [1.807, 2.05) is 0 Å². The Hall–Kier alpha value is -1.22. The molecule has 0 unspecified atom stereocenters. The molecule has 0 saturated carbocycles. The minimum atomic E-state index is 0.852. The lowest BCUT2D eigenvalue weighted by atomic mass is 9.89. The lowest BCUT2D eigenvalue weighted by Gasteiger charge is -2.30. The molecule has 0 radical (unpaired) electrons. The Morgan fingerprint density at radius 1 is 1.00 bits per heavy atom. The van der Waals surface area contributed by atoms with E-state index in [0.717, 1.165) is 63.5 Å². The van der Waals surface area contributed by atoms with Gasteiger partial charge >= 0.3 is 0 Å². The number of fused-ring (bicyclic) bond motifs is 2. The first-order valence-corrected chi connectivity index (χ1v) is 7.46. The third kappa shape index (κ3) is 2.20. The van der Waals surface area contributed by atoms with Gasteiger partial charge in [0.2, 0.25) is 0 Å². The Balaban J connectivity index is 2.13. The zero-order valence-electron chi connectivity index (χ0n) is 12.0. The second kappa shape index (κ2) is 5.41. The number of nitrogens with one attached hydrogen (secondary N) is 1. The summed E-state index contributed by atoms with van der Waals surface area (Å²) in [5, 5.41) is 3.45. The van der Waals surface area contributed by atoms with E-state index < -0.39 is 0 Å². The van der Waals surface area contributed by atoms with E-state index in [0.29, 0.717) is 0 Å². The minimum absolute atomic E-state index is 0.852. The Morgan fingerprint density at radius 2 is 1.68 bits per heavy atom. The number of hydrogen-bond donors (Lipinski definition) is 1. The van der Waals surface area contributed by atoms with Gasteiger partial charge in [0.25, 0.3) is 0 Å². The van der Waals surface area contributed by atoms with Crippen molar-refractivity contribution in [2.45, 2.75) is 46.1 Å². The predicted molar refractivity (Wildman–Crippen MR) is 76.2 cm³/mol. The molecule has 2 heterocycles. The average molecular weight is 261 g/mol.